The lowest BCUT2D eigenvalue weighted by Gasteiger charge is -2.25. The van der Waals surface area contributed by atoms with E-state index >= 15 is 0 Å². The summed E-state index contributed by atoms with van der Waals surface area (Å²) in [6.45, 7) is 0. The Balaban J connectivity index is 2.03. The lowest BCUT2D eigenvalue weighted by molar-refractivity contribution is -0.144. The van der Waals surface area contributed by atoms with Gasteiger partial charge in [-0.3, -0.25) is 9.59 Å². The normalized spacial score (nSPS) is 16.4. The molecule has 1 amide bonds. The van der Waals surface area contributed by atoms with Crippen molar-refractivity contribution in [2.24, 2.45) is 7.05 Å². The van der Waals surface area contributed by atoms with Gasteiger partial charge in [0.15, 0.2) is 0 Å². The maximum absolute atomic E-state index is 12.5. The number of rotatable bonds is 3. The minimum Gasteiger partial charge on any atom is -0.480 e. The highest BCUT2D eigenvalue weighted by Crippen LogP contribution is 2.30. The molecule has 120 valence electrons. The van der Waals surface area contributed by atoms with Crippen molar-refractivity contribution in [2.45, 2.75) is 31.2 Å². The minimum absolute atomic E-state index is 0.0290. The fourth-order valence-electron chi connectivity index (χ4n) is 3.24. The largest absolute Gasteiger partial charge is 0.480 e. The van der Waals surface area contributed by atoms with Gasteiger partial charge in [0.05, 0.1) is 5.52 Å². The van der Waals surface area contributed by atoms with Crippen LogP contribution in [0.4, 0.5) is 0 Å². The molecule has 0 unspecified atom stereocenters. The number of nitrogens with zero attached hydrogens (tertiary/aromatic N) is 1. The van der Waals surface area contributed by atoms with E-state index in [9.17, 15) is 19.5 Å². The van der Waals surface area contributed by atoms with Crippen LogP contribution in [-0.4, -0.2) is 27.1 Å². The van der Waals surface area contributed by atoms with Gasteiger partial charge in [-0.05, 0) is 30.4 Å². The summed E-state index contributed by atoms with van der Waals surface area (Å²) < 4.78 is 1.41. The number of aromatic nitrogens is 1. The zero-order valence-corrected chi connectivity index (χ0v) is 12.8. The van der Waals surface area contributed by atoms with Crippen LogP contribution in [0.15, 0.2) is 35.1 Å². The third-order valence-electron chi connectivity index (χ3n) is 4.60. The standard InChI is InChI=1S/C17H18N2O4/c1-19-13-7-3-2-6-11(13)10-12(15(19)21)14(20)18-17(16(22)23)8-4-5-9-17/h2-3,6-7,10H,4-5,8-9H2,1H3,(H,18,20)(H,22,23). The second-order valence-electron chi connectivity index (χ2n) is 6.03. The van der Waals surface area contributed by atoms with Gasteiger partial charge >= 0.3 is 5.97 Å². The second kappa shape index (κ2) is 5.53. The Hall–Kier alpha value is -2.63. The monoisotopic (exact) mass is 314 g/mol. The molecule has 1 saturated carbocycles. The molecule has 1 aliphatic rings. The molecular weight excluding hydrogens is 296 g/mol. The van der Waals surface area contributed by atoms with Crippen LogP contribution in [0.3, 0.4) is 0 Å². The minimum atomic E-state index is -1.26. The Morgan fingerprint density at radius 1 is 1.22 bits per heavy atom. The molecule has 3 rings (SSSR count). The molecule has 1 aromatic carbocycles. The van der Waals surface area contributed by atoms with E-state index in [0.29, 0.717) is 12.8 Å². The molecular formula is C17H18N2O4. The van der Waals surface area contributed by atoms with E-state index in [1.807, 2.05) is 18.2 Å². The molecule has 2 aromatic rings. The van der Waals surface area contributed by atoms with E-state index in [1.165, 1.54) is 10.6 Å². The van der Waals surface area contributed by atoms with Crippen molar-refractivity contribution in [3.63, 3.8) is 0 Å². The number of fused-ring (bicyclic) bond motifs is 1. The molecule has 1 aliphatic carbocycles. The van der Waals surface area contributed by atoms with Gasteiger partial charge in [0.1, 0.15) is 11.1 Å². The fourth-order valence-corrected chi connectivity index (χ4v) is 3.24. The lowest BCUT2D eigenvalue weighted by atomic mass is 9.97. The number of para-hydroxylation sites is 1. The van der Waals surface area contributed by atoms with Crippen molar-refractivity contribution in [3.8, 4) is 0 Å². The van der Waals surface area contributed by atoms with Crippen LogP contribution >= 0.6 is 0 Å². The van der Waals surface area contributed by atoms with Gasteiger partial charge < -0.3 is 15.0 Å². The summed E-state index contributed by atoms with van der Waals surface area (Å²) in [7, 11) is 1.60. The van der Waals surface area contributed by atoms with Crippen LogP contribution in [0.25, 0.3) is 10.9 Å². The average molecular weight is 314 g/mol. The number of aliphatic carboxylic acids is 1. The number of amides is 1. The number of pyridine rings is 1. The highest BCUT2D eigenvalue weighted by Gasteiger charge is 2.43. The number of nitrogens with one attached hydrogen (secondary N) is 1. The number of benzene rings is 1. The second-order valence-corrected chi connectivity index (χ2v) is 6.03. The van der Waals surface area contributed by atoms with E-state index in [0.717, 1.165) is 23.7 Å². The number of carboxylic acids is 1. The van der Waals surface area contributed by atoms with Crippen molar-refractivity contribution in [3.05, 3.63) is 46.2 Å². The Bertz CT molecular complexity index is 847. The molecule has 1 aromatic heterocycles. The van der Waals surface area contributed by atoms with Gasteiger partial charge in [-0.2, -0.15) is 0 Å². The van der Waals surface area contributed by atoms with E-state index in [-0.39, 0.29) is 5.56 Å². The first-order valence-corrected chi connectivity index (χ1v) is 7.59. The molecule has 23 heavy (non-hydrogen) atoms. The molecule has 2 N–H and O–H groups in total. The third-order valence-corrected chi connectivity index (χ3v) is 4.60. The van der Waals surface area contributed by atoms with E-state index in [1.54, 1.807) is 13.1 Å². The summed E-state index contributed by atoms with van der Waals surface area (Å²) in [6.07, 6.45) is 2.29. The van der Waals surface area contributed by atoms with Gasteiger partial charge in [0.2, 0.25) is 0 Å². The fraction of sp³-hybridized carbons (Fsp3) is 0.353. The smallest absolute Gasteiger partial charge is 0.329 e. The zero-order valence-electron chi connectivity index (χ0n) is 12.8. The van der Waals surface area contributed by atoms with Gasteiger partial charge in [0.25, 0.3) is 11.5 Å². The Labute approximate surface area is 132 Å². The van der Waals surface area contributed by atoms with Crippen molar-refractivity contribution < 1.29 is 14.7 Å². The Kier molecular flexibility index (Phi) is 3.67. The maximum atomic E-state index is 12.5. The quantitative estimate of drug-likeness (QED) is 0.902. The van der Waals surface area contributed by atoms with Crippen molar-refractivity contribution in [1.82, 2.24) is 9.88 Å². The maximum Gasteiger partial charge on any atom is 0.329 e. The van der Waals surface area contributed by atoms with Gasteiger partial charge in [-0.25, -0.2) is 4.79 Å². The number of carbonyl (C=O) groups excluding carboxylic acids is 1. The number of carbonyl (C=O) groups is 2. The van der Waals surface area contributed by atoms with Crippen LogP contribution in [0, 0.1) is 0 Å². The third kappa shape index (κ3) is 2.50. The van der Waals surface area contributed by atoms with Crippen LogP contribution in [0.5, 0.6) is 0 Å². The summed E-state index contributed by atoms with van der Waals surface area (Å²) in [6, 6.07) is 8.78. The van der Waals surface area contributed by atoms with Crippen molar-refractivity contribution >= 4 is 22.8 Å². The number of carboxylic acid groups (broad SMARTS) is 1. The zero-order chi connectivity index (χ0) is 16.6. The topological polar surface area (TPSA) is 88.4 Å². The first kappa shape index (κ1) is 15.3. The first-order valence-electron chi connectivity index (χ1n) is 7.59. The van der Waals surface area contributed by atoms with Crippen LogP contribution in [0.1, 0.15) is 36.0 Å². The summed E-state index contributed by atoms with van der Waals surface area (Å²) in [5.41, 5.74) is -0.991. The van der Waals surface area contributed by atoms with Crippen LogP contribution in [0.2, 0.25) is 0 Å². The highest BCUT2D eigenvalue weighted by atomic mass is 16.4. The molecule has 0 bridgehead atoms. The average Bonchev–Trinajstić information content (AvgIpc) is 3.00. The SMILES string of the molecule is Cn1c(=O)c(C(=O)NC2(C(=O)O)CCCC2)cc2ccccc21. The molecule has 0 spiro atoms. The molecule has 6 nitrogen and oxygen atoms in total. The number of hydrogen-bond acceptors (Lipinski definition) is 3. The van der Waals surface area contributed by atoms with E-state index < -0.39 is 23.0 Å². The molecule has 0 aliphatic heterocycles. The molecule has 1 fully saturated rings. The summed E-state index contributed by atoms with van der Waals surface area (Å²) in [5, 5.41) is 12.8. The number of hydrogen-bond donors (Lipinski definition) is 2. The molecule has 0 radical (unpaired) electrons. The molecule has 0 atom stereocenters. The summed E-state index contributed by atoms with van der Waals surface area (Å²) >= 11 is 0. The molecule has 0 saturated heterocycles. The predicted octanol–water partition coefficient (Wildman–Crippen LogP) is 1.67. The van der Waals surface area contributed by atoms with Gasteiger partial charge in [0, 0.05) is 7.05 Å². The van der Waals surface area contributed by atoms with Crippen LogP contribution in [-0.2, 0) is 11.8 Å². The lowest BCUT2D eigenvalue weighted by Crippen LogP contribution is -2.53. The number of aryl methyl sites for hydroxylation is 1. The summed E-state index contributed by atoms with van der Waals surface area (Å²) in [4.78, 5) is 36.5. The van der Waals surface area contributed by atoms with Crippen LogP contribution < -0.4 is 10.9 Å². The summed E-state index contributed by atoms with van der Waals surface area (Å²) in [5.74, 6) is -1.67. The van der Waals surface area contributed by atoms with Gasteiger partial charge in [-0.1, -0.05) is 31.0 Å². The van der Waals surface area contributed by atoms with E-state index in [2.05, 4.69) is 5.32 Å². The predicted molar refractivity (Wildman–Crippen MR) is 85.5 cm³/mol. The van der Waals surface area contributed by atoms with Crippen molar-refractivity contribution in [1.29, 1.82) is 0 Å². The molecule has 6 heteroatoms. The van der Waals surface area contributed by atoms with E-state index in [4.69, 9.17) is 0 Å². The Morgan fingerprint density at radius 2 is 1.87 bits per heavy atom. The highest BCUT2D eigenvalue weighted by molar-refractivity contribution is 6.00. The Morgan fingerprint density at radius 3 is 2.52 bits per heavy atom. The molecule has 1 heterocycles. The van der Waals surface area contributed by atoms with Crippen molar-refractivity contribution in [2.75, 3.05) is 0 Å². The van der Waals surface area contributed by atoms with Gasteiger partial charge in [-0.15, -0.1) is 0 Å². The first-order chi connectivity index (χ1) is 10.9.